The highest BCUT2D eigenvalue weighted by molar-refractivity contribution is 5.32. The van der Waals surface area contributed by atoms with Gasteiger partial charge in [0.05, 0.1) is 7.11 Å². The van der Waals surface area contributed by atoms with Crippen molar-refractivity contribution in [3.8, 4) is 11.5 Å². The summed E-state index contributed by atoms with van der Waals surface area (Å²) in [5, 5.41) is 0. The molecule has 0 spiro atoms. The van der Waals surface area contributed by atoms with Crippen molar-refractivity contribution in [1.29, 1.82) is 0 Å². The number of fused-ring (bicyclic) bond motifs is 4. The lowest BCUT2D eigenvalue weighted by Gasteiger charge is -2.36. The first kappa shape index (κ1) is 18.3. The minimum absolute atomic E-state index is 0.667. The van der Waals surface area contributed by atoms with E-state index < -0.39 is 0 Å². The van der Waals surface area contributed by atoms with Gasteiger partial charge >= 0.3 is 0 Å². The van der Waals surface area contributed by atoms with Gasteiger partial charge in [0.1, 0.15) is 18.1 Å². The topological polar surface area (TPSA) is 24.9 Å². The van der Waals surface area contributed by atoms with Gasteiger partial charge < -0.3 is 9.47 Å². The van der Waals surface area contributed by atoms with Crippen molar-refractivity contribution in [2.24, 2.45) is 5.92 Å². The summed E-state index contributed by atoms with van der Waals surface area (Å²) in [5.74, 6) is 2.51. The maximum atomic E-state index is 5.97. The Bertz CT molecular complexity index is 721. The van der Waals surface area contributed by atoms with E-state index in [1.165, 1.54) is 31.5 Å². The molecule has 0 aromatic heterocycles. The smallest absolute Gasteiger partial charge is 0.123 e. The van der Waals surface area contributed by atoms with Gasteiger partial charge in [-0.05, 0) is 36.5 Å². The van der Waals surface area contributed by atoms with Crippen LogP contribution in [0.2, 0.25) is 0 Å². The molecule has 3 aliphatic rings. The summed E-state index contributed by atoms with van der Waals surface area (Å²) in [7, 11) is 1.69. The standard InChI is InChI=1S/C23H30N2O2/c1-26-22-8-5-9-23(14-22)27-13-12-24-15-20-10-11-21(18-24)25(17-20)16-19-6-3-2-4-7-19/h2-9,14,20-21H,10-13,15-18H2,1H3/t20-,21+/m0/s1. The third-order valence-electron chi connectivity index (χ3n) is 5.85. The Hall–Kier alpha value is -2.04. The molecule has 2 aromatic carbocycles. The number of piperidine rings is 1. The fourth-order valence-corrected chi connectivity index (χ4v) is 4.45. The summed E-state index contributed by atoms with van der Waals surface area (Å²) >= 11 is 0. The molecule has 0 radical (unpaired) electrons. The largest absolute Gasteiger partial charge is 0.497 e. The van der Waals surface area contributed by atoms with E-state index in [1.54, 1.807) is 7.11 Å². The van der Waals surface area contributed by atoms with Crippen LogP contribution in [0, 0.1) is 5.92 Å². The first-order valence-corrected chi connectivity index (χ1v) is 10.1. The van der Waals surface area contributed by atoms with Crippen molar-refractivity contribution in [2.45, 2.75) is 25.4 Å². The number of benzene rings is 2. The Kier molecular flexibility index (Phi) is 5.95. The monoisotopic (exact) mass is 366 g/mol. The van der Waals surface area contributed by atoms with Gasteiger partial charge in [-0.15, -0.1) is 0 Å². The van der Waals surface area contributed by atoms with E-state index in [4.69, 9.17) is 9.47 Å². The summed E-state index contributed by atoms with van der Waals surface area (Å²) in [6, 6.07) is 19.4. The molecule has 5 rings (SSSR count). The zero-order valence-corrected chi connectivity index (χ0v) is 16.2. The fraction of sp³-hybridized carbons (Fsp3) is 0.478. The van der Waals surface area contributed by atoms with Crippen molar-refractivity contribution in [3.05, 3.63) is 60.2 Å². The van der Waals surface area contributed by atoms with Gasteiger partial charge in [-0.1, -0.05) is 36.4 Å². The van der Waals surface area contributed by atoms with Gasteiger partial charge in [-0.3, -0.25) is 9.80 Å². The predicted octanol–water partition coefficient (Wildman–Crippen LogP) is 3.67. The molecule has 3 aliphatic heterocycles. The molecule has 4 nitrogen and oxygen atoms in total. The molecule has 3 saturated heterocycles. The minimum atomic E-state index is 0.667. The van der Waals surface area contributed by atoms with E-state index in [0.717, 1.165) is 43.7 Å². The third kappa shape index (κ3) is 4.82. The highest BCUT2D eigenvalue weighted by atomic mass is 16.5. The van der Waals surface area contributed by atoms with Crippen LogP contribution in [0.3, 0.4) is 0 Å². The highest BCUT2D eigenvalue weighted by Crippen LogP contribution is 2.29. The Labute approximate surface area is 162 Å². The Balaban J connectivity index is 1.30. The van der Waals surface area contributed by atoms with E-state index in [2.05, 4.69) is 40.1 Å². The summed E-state index contributed by atoms with van der Waals surface area (Å²) in [6.45, 7) is 6.38. The zero-order chi connectivity index (χ0) is 18.5. The molecule has 0 N–H and O–H groups in total. The molecule has 0 unspecified atom stereocenters. The Morgan fingerprint density at radius 3 is 2.63 bits per heavy atom. The number of nitrogens with zero attached hydrogens (tertiary/aromatic N) is 2. The molecule has 4 heteroatoms. The number of hydrogen-bond donors (Lipinski definition) is 0. The van der Waals surface area contributed by atoms with E-state index >= 15 is 0 Å². The van der Waals surface area contributed by atoms with E-state index in [1.807, 2.05) is 24.3 Å². The second kappa shape index (κ2) is 8.77. The summed E-state index contributed by atoms with van der Waals surface area (Å²) in [6.07, 6.45) is 2.69. The second-order valence-corrected chi connectivity index (χ2v) is 7.80. The van der Waals surface area contributed by atoms with Crippen molar-refractivity contribution < 1.29 is 9.47 Å². The van der Waals surface area contributed by atoms with Crippen LogP contribution in [-0.2, 0) is 6.54 Å². The van der Waals surface area contributed by atoms with Crippen LogP contribution in [0.25, 0.3) is 0 Å². The summed E-state index contributed by atoms with van der Waals surface area (Å²) in [5.41, 5.74) is 1.43. The molecule has 0 amide bonds. The van der Waals surface area contributed by atoms with Crippen LogP contribution < -0.4 is 9.47 Å². The number of methoxy groups -OCH3 is 1. The molecular weight excluding hydrogens is 336 g/mol. The van der Waals surface area contributed by atoms with E-state index in [-0.39, 0.29) is 0 Å². The Morgan fingerprint density at radius 1 is 0.926 bits per heavy atom. The molecule has 2 bridgehead atoms. The van der Waals surface area contributed by atoms with Gasteiger partial charge in [-0.2, -0.15) is 0 Å². The molecule has 0 saturated carbocycles. The molecule has 2 aromatic rings. The lowest BCUT2D eigenvalue weighted by atomic mass is 9.94. The van der Waals surface area contributed by atoms with Gasteiger partial charge in [0.2, 0.25) is 0 Å². The lowest BCUT2D eigenvalue weighted by Crippen LogP contribution is -2.43. The molecular formula is C23H30N2O2. The van der Waals surface area contributed by atoms with E-state index in [0.29, 0.717) is 6.04 Å². The fourth-order valence-electron chi connectivity index (χ4n) is 4.45. The van der Waals surface area contributed by atoms with Crippen molar-refractivity contribution in [3.63, 3.8) is 0 Å². The van der Waals surface area contributed by atoms with Crippen molar-refractivity contribution in [2.75, 3.05) is 39.9 Å². The maximum absolute atomic E-state index is 5.97. The van der Waals surface area contributed by atoms with Crippen LogP contribution in [0.5, 0.6) is 11.5 Å². The normalized spacial score (nSPS) is 23.1. The summed E-state index contributed by atoms with van der Waals surface area (Å²) in [4.78, 5) is 5.31. The van der Waals surface area contributed by atoms with Crippen LogP contribution in [0.15, 0.2) is 54.6 Å². The van der Waals surface area contributed by atoms with Gasteiger partial charge in [-0.25, -0.2) is 0 Å². The average molecular weight is 367 g/mol. The highest BCUT2D eigenvalue weighted by Gasteiger charge is 2.34. The number of rotatable bonds is 7. The van der Waals surface area contributed by atoms with Crippen LogP contribution in [0.4, 0.5) is 0 Å². The first-order valence-electron chi connectivity index (χ1n) is 10.1. The van der Waals surface area contributed by atoms with Gasteiger partial charge in [0.25, 0.3) is 0 Å². The minimum Gasteiger partial charge on any atom is -0.497 e. The quantitative estimate of drug-likeness (QED) is 0.746. The summed E-state index contributed by atoms with van der Waals surface area (Å²) < 4.78 is 11.2. The maximum Gasteiger partial charge on any atom is 0.123 e. The van der Waals surface area contributed by atoms with Crippen LogP contribution in [0.1, 0.15) is 18.4 Å². The molecule has 3 heterocycles. The van der Waals surface area contributed by atoms with E-state index in [9.17, 15) is 0 Å². The number of hydrogen-bond acceptors (Lipinski definition) is 4. The average Bonchev–Trinajstić information content (AvgIpc) is 3.00. The van der Waals surface area contributed by atoms with Crippen molar-refractivity contribution in [1.82, 2.24) is 9.80 Å². The first-order chi connectivity index (χ1) is 13.3. The molecule has 27 heavy (non-hydrogen) atoms. The third-order valence-corrected chi connectivity index (χ3v) is 5.85. The molecule has 2 atom stereocenters. The van der Waals surface area contributed by atoms with Crippen LogP contribution in [-0.4, -0.2) is 55.7 Å². The number of ether oxygens (including phenoxy) is 2. The Morgan fingerprint density at radius 2 is 1.78 bits per heavy atom. The van der Waals surface area contributed by atoms with Gasteiger partial charge in [0.15, 0.2) is 0 Å². The van der Waals surface area contributed by atoms with Crippen molar-refractivity contribution >= 4 is 0 Å². The molecule has 3 fully saturated rings. The van der Waals surface area contributed by atoms with Crippen LogP contribution >= 0.6 is 0 Å². The molecule has 144 valence electrons. The zero-order valence-electron chi connectivity index (χ0n) is 16.2. The SMILES string of the molecule is COc1cccc(OCCN2C[C@@H]3CC[C@H](C2)N(Cc2ccccc2)C3)c1. The molecule has 0 aliphatic carbocycles. The second-order valence-electron chi connectivity index (χ2n) is 7.80. The lowest BCUT2D eigenvalue weighted by molar-refractivity contribution is 0.122. The predicted molar refractivity (Wildman–Crippen MR) is 108 cm³/mol. The van der Waals surface area contributed by atoms with Gasteiger partial charge in [0, 0.05) is 44.8 Å².